The Morgan fingerprint density at radius 1 is 1.31 bits per heavy atom. The van der Waals surface area contributed by atoms with Crippen molar-refractivity contribution in [2.24, 2.45) is 4.99 Å². The van der Waals surface area contributed by atoms with Gasteiger partial charge in [-0.3, -0.25) is 4.99 Å². The van der Waals surface area contributed by atoms with Crippen LogP contribution < -0.4 is 5.32 Å². The molecule has 1 aliphatic rings. The summed E-state index contributed by atoms with van der Waals surface area (Å²) in [7, 11) is 0. The van der Waals surface area contributed by atoms with Gasteiger partial charge in [-0.1, -0.05) is 23.2 Å². The van der Waals surface area contributed by atoms with Gasteiger partial charge in [0.25, 0.3) is 0 Å². The highest BCUT2D eigenvalue weighted by Crippen LogP contribution is 2.30. The van der Waals surface area contributed by atoms with Crippen LogP contribution in [0.3, 0.4) is 0 Å². The average molecular weight is 215 g/mol. The molecule has 0 spiro atoms. The largest absolute Gasteiger partial charge is 0.383 e. The second kappa shape index (κ2) is 3.56. The van der Waals surface area contributed by atoms with E-state index in [-0.39, 0.29) is 0 Å². The molecule has 0 fully saturated rings. The molecule has 68 valence electrons. The molecule has 2 nitrogen and oxygen atoms in total. The van der Waals surface area contributed by atoms with Crippen LogP contribution in [0.2, 0.25) is 10.0 Å². The summed E-state index contributed by atoms with van der Waals surface area (Å²) in [4.78, 5) is 4.18. The van der Waals surface area contributed by atoms with Gasteiger partial charge in [-0.2, -0.15) is 0 Å². The van der Waals surface area contributed by atoms with Crippen molar-refractivity contribution in [2.45, 2.75) is 0 Å². The molecule has 1 aliphatic heterocycles. The highest BCUT2D eigenvalue weighted by Gasteiger charge is 2.09. The van der Waals surface area contributed by atoms with Gasteiger partial charge in [0, 0.05) is 24.0 Å². The summed E-state index contributed by atoms with van der Waals surface area (Å²) in [5.41, 5.74) is 1.88. The molecule has 0 saturated carbocycles. The van der Waals surface area contributed by atoms with Crippen molar-refractivity contribution in [3.05, 3.63) is 27.7 Å². The molecule has 13 heavy (non-hydrogen) atoms. The fourth-order valence-corrected chi connectivity index (χ4v) is 1.64. The van der Waals surface area contributed by atoms with Gasteiger partial charge in [0.15, 0.2) is 0 Å². The van der Waals surface area contributed by atoms with Crippen LogP contribution in [0, 0.1) is 0 Å². The maximum atomic E-state index is 6.02. The van der Waals surface area contributed by atoms with E-state index in [4.69, 9.17) is 23.2 Å². The van der Waals surface area contributed by atoms with Crippen LogP contribution in [0.15, 0.2) is 17.1 Å². The number of fused-ring (bicyclic) bond motifs is 1. The van der Waals surface area contributed by atoms with Gasteiger partial charge in [0.2, 0.25) is 0 Å². The van der Waals surface area contributed by atoms with Gasteiger partial charge in [0.05, 0.1) is 16.6 Å². The summed E-state index contributed by atoms with van der Waals surface area (Å²) in [6.07, 6.45) is 1.77. The van der Waals surface area contributed by atoms with E-state index in [9.17, 15) is 0 Å². The predicted molar refractivity (Wildman–Crippen MR) is 57.4 cm³/mol. The average Bonchev–Trinajstić information content (AvgIpc) is 2.36. The van der Waals surface area contributed by atoms with Crippen LogP contribution in [0.1, 0.15) is 5.56 Å². The molecular formula is C9H8Cl2N2. The van der Waals surface area contributed by atoms with Crippen molar-refractivity contribution >= 4 is 35.1 Å². The van der Waals surface area contributed by atoms with Crippen LogP contribution in [-0.4, -0.2) is 19.3 Å². The minimum Gasteiger partial charge on any atom is -0.383 e. The number of benzene rings is 1. The second-order valence-electron chi connectivity index (χ2n) is 2.78. The van der Waals surface area contributed by atoms with Crippen LogP contribution in [-0.2, 0) is 0 Å². The van der Waals surface area contributed by atoms with Crippen molar-refractivity contribution in [2.75, 3.05) is 18.4 Å². The van der Waals surface area contributed by atoms with Crippen molar-refractivity contribution in [1.29, 1.82) is 0 Å². The van der Waals surface area contributed by atoms with Crippen molar-refractivity contribution < 1.29 is 0 Å². The lowest BCUT2D eigenvalue weighted by molar-refractivity contribution is 1.04. The van der Waals surface area contributed by atoms with E-state index in [2.05, 4.69) is 10.3 Å². The van der Waals surface area contributed by atoms with E-state index in [1.54, 1.807) is 12.3 Å². The lowest BCUT2D eigenvalue weighted by Gasteiger charge is -2.07. The summed E-state index contributed by atoms with van der Waals surface area (Å²) in [6, 6.07) is 3.70. The number of rotatable bonds is 0. The summed E-state index contributed by atoms with van der Waals surface area (Å²) < 4.78 is 0. The molecule has 2 rings (SSSR count). The molecule has 1 aromatic rings. The van der Waals surface area contributed by atoms with E-state index >= 15 is 0 Å². The molecule has 1 aromatic carbocycles. The Kier molecular flexibility index (Phi) is 2.42. The minimum atomic E-state index is 0.565. The zero-order chi connectivity index (χ0) is 9.26. The molecule has 0 aromatic heterocycles. The monoisotopic (exact) mass is 214 g/mol. The quantitative estimate of drug-likeness (QED) is 0.706. The summed E-state index contributed by atoms with van der Waals surface area (Å²) in [5, 5.41) is 4.36. The fraction of sp³-hybridized carbons (Fsp3) is 0.222. The number of anilines is 1. The summed E-state index contributed by atoms with van der Waals surface area (Å²) in [5.74, 6) is 0. The van der Waals surface area contributed by atoms with Crippen LogP contribution >= 0.6 is 23.2 Å². The molecule has 0 atom stereocenters. The van der Waals surface area contributed by atoms with E-state index in [1.807, 2.05) is 6.07 Å². The molecular weight excluding hydrogens is 207 g/mol. The zero-order valence-electron chi connectivity index (χ0n) is 6.85. The first-order valence-electron chi connectivity index (χ1n) is 4.01. The first-order chi connectivity index (χ1) is 6.29. The number of benzodiazepines with no additional fused rings is 1. The molecule has 1 heterocycles. The van der Waals surface area contributed by atoms with Crippen molar-refractivity contribution in [1.82, 2.24) is 0 Å². The molecule has 0 bridgehead atoms. The van der Waals surface area contributed by atoms with Gasteiger partial charge in [-0.25, -0.2) is 0 Å². The Bertz CT molecular complexity index is 361. The van der Waals surface area contributed by atoms with Crippen LogP contribution in [0.25, 0.3) is 0 Å². The van der Waals surface area contributed by atoms with Gasteiger partial charge in [0.1, 0.15) is 0 Å². The van der Waals surface area contributed by atoms with Crippen LogP contribution in [0.4, 0.5) is 5.69 Å². The number of nitrogens with zero attached hydrogens (tertiary/aromatic N) is 1. The van der Waals surface area contributed by atoms with Gasteiger partial charge >= 0.3 is 0 Å². The number of nitrogens with one attached hydrogen (secondary N) is 1. The highest BCUT2D eigenvalue weighted by atomic mass is 35.5. The molecule has 4 heteroatoms. The lowest BCUT2D eigenvalue weighted by atomic mass is 10.2. The molecule has 0 amide bonds. The van der Waals surface area contributed by atoms with Crippen molar-refractivity contribution in [3.8, 4) is 0 Å². The van der Waals surface area contributed by atoms with E-state index in [1.165, 1.54) is 0 Å². The normalized spacial score (nSPS) is 14.6. The number of hydrogen-bond donors (Lipinski definition) is 1. The highest BCUT2D eigenvalue weighted by molar-refractivity contribution is 6.44. The maximum absolute atomic E-state index is 6.02. The third-order valence-corrected chi connectivity index (χ3v) is 2.73. The summed E-state index contributed by atoms with van der Waals surface area (Å²) in [6.45, 7) is 1.60. The Hall–Kier alpha value is -0.730. The van der Waals surface area contributed by atoms with Gasteiger partial charge < -0.3 is 5.32 Å². The molecule has 0 saturated heterocycles. The number of halogens is 2. The lowest BCUT2D eigenvalue weighted by Crippen LogP contribution is -2.03. The zero-order valence-corrected chi connectivity index (χ0v) is 8.36. The van der Waals surface area contributed by atoms with Crippen LogP contribution in [0.5, 0.6) is 0 Å². The topological polar surface area (TPSA) is 24.4 Å². The van der Waals surface area contributed by atoms with Gasteiger partial charge in [-0.05, 0) is 12.1 Å². The summed E-state index contributed by atoms with van der Waals surface area (Å²) >= 11 is 11.9. The molecule has 0 unspecified atom stereocenters. The van der Waals surface area contributed by atoms with Crippen molar-refractivity contribution in [3.63, 3.8) is 0 Å². The predicted octanol–water partition coefficient (Wildman–Crippen LogP) is 2.84. The Balaban J connectivity index is 2.58. The van der Waals surface area contributed by atoms with E-state index in [0.717, 1.165) is 24.3 Å². The second-order valence-corrected chi connectivity index (χ2v) is 3.57. The molecule has 0 aliphatic carbocycles. The third kappa shape index (κ3) is 1.64. The van der Waals surface area contributed by atoms with E-state index in [0.29, 0.717) is 10.0 Å². The number of aliphatic imine (C=N–C) groups is 1. The van der Waals surface area contributed by atoms with E-state index < -0.39 is 0 Å². The Morgan fingerprint density at radius 3 is 3.00 bits per heavy atom. The molecule has 0 radical (unpaired) electrons. The van der Waals surface area contributed by atoms with Gasteiger partial charge in [-0.15, -0.1) is 0 Å². The first-order valence-corrected chi connectivity index (χ1v) is 4.76. The molecule has 1 N–H and O–H groups in total. The third-order valence-electron chi connectivity index (χ3n) is 1.91. The number of hydrogen-bond acceptors (Lipinski definition) is 2. The Morgan fingerprint density at radius 2 is 2.15 bits per heavy atom. The fourth-order valence-electron chi connectivity index (χ4n) is 1.26. The smallest absolute Gasteiger partial charge is 0.0700 e. The standard InChI is InChI=1S/C9H8Cl2N2/c10-7-1-2-8-6(9(7)11)5-12-3-4-13-8/h1-2,5,13H,3-4H2. The SMILES string of the molecule is Clc1ccc2c(c1Cl)C=NCCN2. The Labute approximate surface area is 86.6 Å². The minimum absolute atomic E-state index is 0.565. The maximum Gasteiger partial charge on any atom is 0.0700 e. The first kappa shape index (κ1) is 8.85.